The molecular weight excluding hydrogens is 432 g/mol. The zero-order chi connectivity index (χ0) is 24.3. The Balaban J connectivity index is 1.93. The van der Waals surface area contributed by atoms with E-state index in [0.29, 0.717) is 5.69 Å². The molecule has 3 aromatic rings. The molecule has 3 rings (SSSR count). The minimum atomic E-state index is -3.93. The monoisotopic (exact) mass is 464 g/mol. The lowest BCUT2D eigenvalue weighted by molar-refractivity contribution is -0.120. The fourth-order valence-electron chi connectivity index (χ4n) is 4.07. The molecule has 0 aromatic heterocycles. The molecule has 0 aliphatic rings. The van der Waals surface area contributed by atoms with Crippen LogP contribution in [-0.2, 0) is 14.8 Å². The standard InChI is InChI=1S/C27H32N2O3S/c1-18-12-19(2)14-24(13-18)29(33(31,32)25-10-8-7-9-11-25)17-27(30)28-23(6)26-16-21(4)20(3)15-22(26)5/h7-16,23H,17H2,1-6H3,(H,28,30)/t23-/m1/s1. The van der Waals surface area contributed by atoms with Gasteiger partial charge in [-0.05, 0) is 99.2 Å². The van der Waals surface area contributed by atoms with Crippen LogP contribution in [0.25, 0.3) is 0 Å². The Morgan fingerprint density at radius 3 is 2.03 bits per heavy atom. The lowest BCUT2D eigenvalue weighted by atomic mass is 9.96. The Morgan fingerprint density at radius 1 is 0.848 bits per heavy atom. The summed E-state index contributed by atoms with van der Waals surface area (Å²) in [5, 5.41) is 2.99. The number of rotatable bonds is 7. The van der Waals surface area contributed by atoms with Crippen molar-refractivity contribution in [1.29, 1.82) is 0 Å². The van der Waals surface area contributed by atoms with Crippen LogP contribution in [0.2, 0.25) is 0 Å². The average molecular weight is 465 g/mol. The van der Waals surface area contributed by atoms with E-state index in [1.807, 2.05) is 40.7 Å². The number of aryl methyl sites for hydroxylation is 5. The smallest absolute Gasteiger partial charge is 0.264 e. The minimum Gasteiger partial charge on any atom is -0.348 e. The van der Waals surface area contributed by atoms with Crippen LogP contribution >= 0.6 is 0 Å². The van der Waals surface area contributed by atoms with Gasteiger partial charge in [-0.15, -0.1) is 0 Å². The predicted octanol–water partition coefficient (Wildman–Crippen LogP) is 5.30. The number of sulfonamides is 1. The second kappa shape index (κ2) is 9.79. The molecule has 1 N–H and O–H groups in total. The van der Waals surface area contributed by atoms with Crippen molar-refractivity contribution in [2.24, 2.45) is 0 Å². The number of benzene rings is 3. The molecule has 0 radical (unpaired) electrons. The molecule has 6 heteroatoms. The quantitative estimate of drug-likeness (QED) is 0.516. The van der Waals surface area contributed by atoms with Crippen molar-refractivity contribution in [2.45, 2.75) is 52.5 Å². The molecule has 0 aliphatic heterocycles. The largest absolute Gasteiger partial charge is 0.348 e. The predicted molar refractivity (Wildman–Crippen MR) is 134 cm³/mol. The van der Waals surface area contributed by atoms with E-state index >= 15 is 0 Å². The summed E-state index contributed by atoms with van der Waals surface area (Å²) in [4.78, 5) is 13.3. The second-order valence-corrected chi connectivity index (χ2v) is 10.6. The number of anilines is 1. The first-order valence-electron chi connectivity index (χ1n) is 11.0. The molecule has 0 saturated heterocycles. The third-order valence-corrected chi connectivity index (χ3v) is 7.63. The highest BCUT2D eigenvalue weighted by atomic mass is 32.2. The maximum absolute atomic E-state index is 13.5. The van der Waals surface area contributed by atoms with Gasteiger partial charge < -0.3 is 5.32 Å². The summed E-state index contributed by atoms with van der Waals surface area (Å²) < 4.78 is 28.2. The lowest BCUT2D eigenvalue weighted by Gasteiger charge is -2.26. The highest BCUT2D eigenvalue weighted by Crippen LogP contribution is 2.26. The van der Waals surface area contributed by atoms with Crippen LogP contribution < -0.4 is 9.62 Å². The Kier molecular flexibility index (Phi) is 7.28. The van der Waals surface area contributed by atoms with Crippen LogP contribution in [0.1, 0.15) is 46.3 Å². The van der Waals surface area contributed by atoms with Crippen molar-refractivity contribution in [1.82, 2.24) is 5.32 Å². The number of hydrogen-bond donors (Lipinski definition) is 1. The fourth-order valence-corrected chi connectivity index (χ4v) is 5.50. The van der Waals surface area contributed by atoms with Gasteiger partial charge in [-0.1, -0.05) is 36.4 Å². The van der Waals surface area contributed by atoms with Crippen LogP contribution in [0.5, 0.6) is 0 Å². The van der Waals surface area contributed by atoms with Crippen molar-refractivity contribution >= 4 is 21.6 Å². The number of amides is 1. The Morgan fingerprint density at radius 2 is 1.42 bits per heavy atom. The van der Waals surface area contributed by atoms with E-state index in [-0.39, 0.29) is 23.4 Å². The van der Waals surface area contributed by atoms with Crippen LogP contribution in [0.15, 0.2) is 65.6 Å². The van der Waals surface area contributed by atoms with Gasteiger partial charge in [0.1, 0.15) is 6.54 Å². The van der Waals surface area contributed by atoms with E-state index in [2.05, 4.69) is 24.4 Å². The molecule has 3 aromatic carbocycles. The molecule has 1 amide bonds. The maximum Gasteiger partial charge on any atom is 0.264 e. The van der Waals surface area contributed by atoms with Gasteiger partial charge in [0, 0.05) is 0 Å². The third-order valence-electron chi connectivity index (χ3n) is 5.84. The van der Waals surface area contributed by atoms with Crippen LogP contribution in [-0.4, -0.2) is 20.9 Å². The number of hydrogen-bond acceptors (Lipinski definition) is 3. The van der Waals surface area contributed by atoms with Gasteiger partial charge in [-0.25, -0.2) is 8.42 Å². The first-order valence-corrected chi connectivity index (χ1v) is 12.5. The van der Waals surface area contributed by atoms with Gasteiger partial charge in [0.05, 0.1) is 16.6 Å². The Labute approximate surface area is 197 Å². The molecule has 0 bridgehead atoms. The molecule has 174 valence electrons. The molecule has 1 atom stereocenters. The number of carbonyl (C=O) groups excluding carboxylic acids is 1. The molecule has 0 fully saturated rings. The van der Waals surface area contributed by atoms with Crippen molar-refractivity contribution in [3.8, 4) is 0 Å². The SMILES string of the molecule is Cc1cc(C)cc(N(CC(=O)N[C@H](C)c2cc(C)c(C)cc2C)S(=O)(=O)c2ccccc2)c1. The van der Waals surface area contributed by atoms with Crippen LogP contribution in [0.3, 0.4) is 0 Å². The molecule has 0 heterocycles. The normalized spacial score (nSPS) is 12.3. The molecule has 0 unspecified atom stereocenters. The molecule has 0 spiro atoms. The molecule has 0 saturated carbocycles. The maximum atomic E-state index is 13.5. The topological polar surface area (TPSA) is 66.5 Å². The van der Waals surface area contributed by atoms with Crippen LogP contribution in [0.4, 0.5) is 5.69 Å². The summed E-state index contributed by atoms with van der Waals surface area (Å²) in [6, 6.07) is 17.7. The highest BCUT2D eigenvalue weighted by Gasteiger charge is 2.28. The van der Waals surface area contributed by atoms with E-state index < -0.39 is 10.0 Å². The summed E-state index contributed by atoms with van der Waals surface area (Å²) in [5.41, 5.74) is 6.80. The molecule has 0 aliphatic carbocycles. The zero-order valence-corrected chi connectivity index (χ0v) is 21.0. The summed E-state index contributed by atoms with van der Waals surface area (Å²) in [5.74, 6) is -0.362. The zero-order valence-electron chi connectivity index (χ0n) is 20.1. The Hall–Kier alpha value is -3.12. The van der Waals surface area contributed by atoms with Gasteiger partial charge in [0.15, 0.2) is 0 Å². The van der Waals surface area contributed by atoms with E-state index in [0.717, 1.165) is 27.8 Å². The average Bonchev–Trinajstić information content (AvgIpc) is 2.74. The minimum absolute atomic E-state index is 0.148. The third kappa shape index (κ3) is 5.63. The highest BCUT2D eigenvalue weighted by molar-refractivity contribution is 7.92. The van der Waals surface area contributed by atoms with E-state index in [1.54, 1.807) is 42.5 Å². The lowest BCUT2D eigenvalue weighted by Crippen LogP contribution is -2.41. The van der Waals surface area contributed by atoms with E-state index in [9.17, 15) is 13.2 Å². The molecule has 33 heavy (non-hydrogen) atoms. The van der Waals surface area contributed by atoms with E-state index in [1.165, 1.54) is 9.87 Å². The van der Waals surface area contributed by atoms with Crippen molar-refractivity contribution in [3.05, 3.63) is 94.0 Å². The van der Waals surface area contributed by atoms with Gasteiger partial charge >= 0.3 is 0 Å². The number of nitrogens with one attached hydrogen (secondary N) is 1. The molecule has 5 nitrogen and oxygen atoms in total. The van der Waals surface area contributed by atoms with Gasteiger partial charge in [-0.2, -0.15) is 0 Å². The van der Waals surface area contributed by atoms with Crippen molar-refractivity contribution in [3.63, 3.8) is 0 Å². The van der Waals surface area contributed by atoms with Gasteiger partial charge in [0.25, 0.3) is 10.0 Å². The summed E-state index contributed by atoms with van der Waals surface area (Å²) in [6.45, 7) is 11.6. The van der Waals surface area contributed by atoms with Crippen LogP contribution in [0, 0.1) is 34.6 Å². The van der Waals surface area contributed by atoms with Gasteiger partial charge in [-0.3, -0.25) is 9.10 Å². The Bertz CT molecular complexity index is 1250. The number of nitrogens with zero attached hydrogens (tertiary/aromatic N) is 1. The number of carbonyl (C=O) groups is 1. The summed E-state index contributed by atoms with van der Waals surface area (Å²) >= 11 is 0. The summed E-state index contributed by atoms with van der Waals surface area (Å²) in [6.07, 6.45) is 0. The van der Waals surface area contributed by atoms with Crippen molar-refractivity contribution < 1.29 is 13.2 Å². The van der Waals surface area contributed by atoms with Gasteiger partial charge in [0.2, 0.25) is 5.91 Å². The second-order valence-electron chi connectivity index (χ2n) is 8.75. The first-order chi connectivity index (χ1) is 15.5. The van der Waals surface area contributed by atoms with Crippen molar-refractivity contribution in [2.75, 3.05) is 10.8 Å². The molecular formula is C27H32N2O3S. The van der Waals surface area contributed by atoms with E-state index in [4.69, 9.17) is 0 Å². The summed E-state index contributed by atoms with van der Waals surface area (Å²) in [7, 11) is -3.93. The fraction of sp³-hybridized carbons (Fsp3) is 0.296. The first kappa shape index (κ1) is 24.5.